The molecule has 0 N–H and O–H groups in total. The molecule has 0 radical (unpaired) electrons. The number of nitriles is 1. The highest BCUT2D eigenvalue weighted by Gasteiger charge is 2.26. The van der Waals surface area contributed by atoms with Gasteiger partial charge in [0.25, 0.3) is 14.7 Å². The van der Waals surface area contributed by atoms with Crippen LogP contribution in [0.3, 0.4) is 0 Å². The zero-order valence-electron chi connectivity index (χ0n) is 7.35. The molecule has 0 fully saturated rings. The van der Waals surface area contributed by atoms with Crippen molar-refractivity contribution in [2.24, 2.45) is 0 Å². The van der Waals surface area contributed by atoms with Crippen molar-refractivity contribution in [2.45, 2.75) is 4.90 Å². The number of benzene rings is 1. The van der Waals surface area contributed by atoms with E-state index in [0.717, 1.165) is 0 Å². The maximum atomic E-state index is 13.1. The molecule has 9 heteroatoms. The third-order valence-corrected chi connectivity index (χ3v) is 2.98. The SMILES string of the molecule is N#Cc1cc([N+](=O)[O-])c(S(=O)(=O)Cl)cc1F. The first-order valence-electron chi connectivity index (χ1n) is 3.60. The third-order valence-electron chi connectivity index (χ3n) is 1.63. The Hall–Kier alpha value is -1.72. The largest absolute Gasteiger partial charge is 0.290 e. The Labute approximate surface area is 93.4 Å². The van der Waals surface area contributed by atoms with E-state index in [2.05, 4.69) is 0 Å². The van der Waals surface area contributed by atoms with Crippen molar-refractivity contribution in [1.82, 2.24) is 0 Å². The van der Waals surface area contributed by atoms with E-state index in [1.807, 2.05) is 0 Å². The van der Waals surface area contributed by atoms with Crippen molar-refractivity contribution in [3.8, 4) is 6.07 Å². The Morgan fingerprint density at radius 1 is 1.50 bits per heavy atom. The second-order valence-electron chi connectivity index (χ2n) is 2.61. The molecule has 0 bridgehead atoms. The van der Waals surface area contributed by atoms with Gasteiger partial charge in [0.05, 0.1) is 10.5 Å². The lowest BCUT2D eigenvalue weighted by Crippen LogP contribution is -2.01. The van der Waals surface area contributed by atoms with Crippen LogP contribution in [-0.4, -0.2) is 13.3 Å². The minimum absolute atomic E-state index is 0.346. The first-order valence-corrected chi connectivity index (χ1v) is 5.91. The van der Waals surface area contributed by atoms with Crippen LogP contribution in [0.15, 0.2) is 17.0 Å². The lowest BCUT2D eigenvalue weighted by Gasteiger charge is -2.00. The van der Waals surface area contributed by atoms with Crippen molar-refractivity contribution in [2.75, 3.05) is 0 Å². The Morgan fingerprint density at radius 2 is 2.06 bits per heavy atom. The van der Waals surface area contributed by atoms with E-state index in [0.29, 0.717) is 12.1 Å². The smallest absolute Gasteiger partial charge is 0.258 e. The van der Waals surface area contributed by atoms with Gasteiger partial charge in [0.1, 0.15) is 11.9 Å². The molecule has 0 unspecified atom stereocenters. The van der Waals surface area contributed by atoms with Crippen LogP contribution in [0.5, 0.6) is 0 Å². The summed E-state index contributed by atoms with van der Waals surface area (Å²) in [6.45, 7) is 0. The molecule has 0 atom stereocenters. The van der Waals surface area contributed by atoms with Crippen LogP contribution in [0.4, 0.5) is 10.1 Å². The van der Waals surface area contributed by atoms with E-state index < -0.39 is 35.9 Å². The van der Waals surface area contributed by atoms with Gasteiger partial charge >= 0.3 is 0 Å². The third kappa shape index (κ3) is 2.26. The molecule has 0 aliphatic rings. The highest BCUT2D eigenvalue weighted by molar-refractivity contribution is 8.13. The van der Waals surface area contributed by atoms with Crippen molar-refractivity contribution in [3.63, 3.8) is 0 Å². The van der Waals surface area contributed by atoms with Gasteiger partial charge in [-0.05, 0) is 0 Å². The van der Waals surface area contributed by atoms with Gasteiger partial charge < -0.3 is 0 Å². The monoisotopic (exact) mass is 264 g/mol. The second kappa shape index (κ2) is 4.03. The fraction of sp³-hybridized carbons (Fsp3) is 0. The number of nitro groups is 1. The van der Waals surface area contributed by atoms with Crippen molar-refractivity contribution in [3.05, 3.63) is 33.6 Å². The maximum Gasteiger partial charge on any atom is 0.290 e. The quantitative estimate of drug-likeness (QED) is 0.458. The Kier molecular flexibility index (Phi) is 3.11. The minimum atomic E-state index is -4.44. The van der Waals surface area contributed by atoms with E-state index >= 15 is 0 Å². The summed E-state index contributed by atoms with van der Waals surface area (Å²) < 4.78 is 34.9. The molecule has 0 saturated carbocycles. The molecule has 1 aromatic rings. The Morgan fingerprint density at radius 3 is 2.44 bits per heavy atom. The average molecular weight is 265 g/mol. The van der Waals surface area contributed by atoms with Crippen LogP contribution in [0, 0.1) is 27.3 Å². The topological polar surface area (TPSA) is 101 Å². The standard InChI is InChI=1S/C7H2ClFN2O4S/c8-16(14,15)7-2-5(9)4(3-10)1-6(7)11(12)13/h1-2H. The Bertz CT molecular complexity index is 608. The van der Waals surface area contributed by atoms with Gasteiger partial charge in [-0.1, -0.05) is 0 Å². The summed E-state index contributed by atoms with van der Waals surface area (Å²) in [6.07, 6.45) is 0. The molecule has 1 rings (SSSR count). The minimum Gasteiger partial charge on any atom is -0.258 e. The molecular formula is C7H2ClFN2O4S. The van der Waals surface area contributed by atoms with Crippen LogP contribution in [0.2, 0.25) is 0 Å². The predicted molar refractivity (Wildman–Crippen MR) is 50.8 cm³/mol. The summed E-state index contributed by atoms with van der Waals surface area (Å²) in [5.41, 5.74) is -1.57. The van der Waals surface area contributed by atoms with E-state index in [1.54, 1.807) is 0 Å². The molecule has 16 heavy (non-hydrogen) atoms. The number of nitrogens with zero attached hydrogens (tertiary/aromatic N) is 2. The zero-order chi connectivity index (χ0) is 12.5. The van der Waals surface area contributed by atoms with Crippen LogP contribution in [0.25, 0.3) is 0 Å². The maximum absolute atomic E-state index is 13.1. The first-order chi connectivity index (χ1) is 7.27. The lowest BCUT2D eigenvalue weighted by molar-refractivity contribution is -0.387. The summed E-state index contributed by atoms with van der Waals surface area (Å²) in [7, 11) is 0.449. The second-order valence-corrected chi connectivity index (χ2v) is 5.14. The molecule has 0 aromatic heterocycles. The van der Waals surface area contributed by atoms with Gasteiger partial charge in [-0.2, -0.15) is 5.26 Å². The number of rotatable bonds is 2. The van der Waals surface area contributed by atoms with Gasteiger partial charge in [-0.15, -0.1) is 0 Å². The van der Waals surface area contributed by atoms with Crippen LogP contribution in [-0.2, 0) is 9.05 Å². The molecular weight excluding hydrogens is 263 g/mol. The number of halogens is 2. The highest BCUT2D eigenvalue weighted by Crippen LogP contribution is 2.29. The Balaban J connectivity index is 3.70. The van der Waals surface area contributed by atoms with Crippen LogP contribution < -0.4 is 0 Å². The van der Waals surface area contributed by atoms with Crippen molar-refractivity contribution >= 4 is 25.4 Å². The molecule has 0 aliphatic heterocycles. The van der Waals surface area contributed by atoms with Crippen molar-refractivity contribution in [1.29, 1.82) is 5.26 Å². The number of hydrogen-bond donors (Lipinski definition) is 0. The molecule has 0 heterocycles. The van der Waals surface area contributed by atoms with E-state index in [1.165, 1.54) is 6.07 Å². The molecule has 0 saturated heterocycles. The van der Waals surface area contributed by atoms with Gasteiger partial charge in [0.2, 0.25) is 0 Å². The van der Waals surface area contributed by atoms with E-state index in [4.69, 9.17) is 15.9 Å². The summed E-state index contributed by atoms with van der Waals surface area (Å²) >= 11 is 0. The number of hydrogen-bond acceptors (Lipinski definition) is 5. The highest BCUT2D eigenvalue weighted by atomic mass is 35.7. The summed E-state index contributed by atoms with van der Waals surface area (Å²) in [6, 6.07) is 2.22. The molecule has 0 spiro atoms. The summed E-state index contributed by atoms with van der Waals surface area (Å²) in [5, 5.41) is 18.9. The van der Waals surface area contributed by atoms with Crippen LogP contribution in [0.1, 0.15) is 5.56 Å². The normalized spacial score (nSPS) is 10.8. The van der Waals surface area contributed by atoms with E-state index in [-0.39, 0.29) is 0 Å². The van der Waals surface area contributed by atoms with Crippen molar-refractivity contribution < 1.29 is 17.7 Å². The van der Waals surface area contributed by atoms with Gasteiger partial charge in [0.15, 0.2) is 4.90 Å². The molecule has 84 valence electrons. The fourth-order valence-corrected chi connectivity index (χ4v) is 1.97. The summed E-state index contributed by atoms with van der Waals surface area (Å²) in [4.78, 5) is 8.46. The van der Waals surface area contributed by atoms with Gasteiger partial charge in [0, 0.05) is 22.8 Å². The van der Waals surface area contributed by atoms with Gasteiger partial charge in [-0.3, -0.25) is 10.1 Å². The number of nitro benzene ring substituents is 1. The fourth-order valence-electron chi connectivity index (χ4n) is 0.967. The zero-order valence-corrected chi connectivity index (χ0v) is 8.92. The van der Waals surface area contributed by atoms with E-state index in [9.17, 15) is 22.9 Å². The molecule has 6 nitrogen and oxygen atoms in total. The molecule has 0 amide bonds. The van der Waals surface area contributed by atoms with Gasteiger partial charge in [-0.25, -0.2) is 12.8 Å². The first kappa shape index (κ1) is 12.4. The molecule has 1 aromatic carbocycles. The summed E-state index contributed by atoms with van der Waals surface area (Å²) in [5.74, 6) is -1.19. The predicted octanol–water partition coefficient (Wildman–Crippen LogP) is 1.53. The lowest BCUT2D eigenvalue weighted by atomic mass is 10.2. The molecule has 0 aliphatic carbocycles. The average Bonchev–Trinajstić information content (AvgIpc) is 2.15. The van der Waals surface area contributed by atoms with Crippen LogP contribution >= 0.6 is 10.7 Å².